The van der Waals surface area contributed by atoms with Gasteiger partial charge in [-0.3, -0.25) is 4.79 Å². The summed E-state index contributed by atoms with van der Waals surface area (Å²) in [4.78, 5) is 12.1. The number of aliphatic hydroxyl groups excluding tert-OH is 4. The van der Waals surface area contributed by atoms with Crippen LogP contribution in [0.25, 0.3) is 0 Å². The van der Waals surface area contributed by atoms with Gasteiger partial charge >= 0.3 is 0 Å². The van der Waals surface area contributed by atoms with Crippen LogP contribution in [0.15, 0.2) is 47.3 Å². The zero-order chi connectivity index (χ0) is 23.8. The Morgan fingerprint density at radius 3 is 2.32 bits per heavy atom. The molecule has 0 aromatic carbocycles. The largest absolute Gasteiger partial charge is 0.456 e. The molecule has 176 valence electrons. The van der Waals surface area contributed by atoms with E-state index in [-0.39, 0.29) is 23.7 Å². The summed E-state index contributed by atoms with van der Waals surface area (Å²) in [5.41, 5.74) is 1.04. The number of rotatable bonds is 12. The van der Waals surface area contributed by atoms with Gasteiger partial charge in [-0.2, -0.15) is 0 Å². The van der Waals surface area contributed by atoms with Gasteiger partial charge in [0.1, 0.15) is 11.9 Å². The van der Waals surface area contributed by atoms with E-state index in [1.807, 2.05) is 44.2 Å². The van der Waals surface area contributed by atoms with Gasteiger partial charge in [-0.05, 0) is 52.5 Å². The second-order valence-corrected chi connectivity index (χ2v) is 8.44. The third-order valence-electron chi connectivity index (χ3n) is 5.42. The molecule has 0 radical (unpaired) electrons. The minimum absolute atomic E-state index is 0.0809. The van der Waals surface area contributed by atoms with E-state index in [2.05, 4.69) is 0 Å². The van der Waals surface area contributed by atoms with Crippen molar-refractivity contribution in [2.24, 2.45) is 5.92 Å². The standard InChI is InChI=1S/C24H38O7/c1-15(22(28)16(2)12-13-17(3)25)10-8-6-7-9-11-20(27)14-21-18(4)23(29)24(30,31-21)19(5)26/h6-8,10,12,15,17,19-20,22,25-28,30H,9,11,13-14H2,1-5H3/b7-6+,10-8+,16-12+/t15-,17-,19-,20-,22-,24-/m1/s1. The van der Waals surface area contributed by atoms with Crippen molar-refractivity contribution in [1.29, 1.82) is 0 Å². The molecule has 1 rings (SSSR count). The van der Waals surface area contributed by atoms with Crippen LogP contribution < -0.4 is 0 Å². The van der Waals surface area contributed by atoms with Gasteiger partial charge in [-0.1, -0.05) is 37.3 Å². The van der Waals surface area contributed by atoms with Crippen LogP contribution in [0.5, 0.6) is 0 Å². The van der Waals surface area contributed by atoms with Gasteiger partial charge in [-0.25, -0.2) is 0 Å². The number of carbonyl (C=O) groups excluding carboxylic acids is 1. The number of carbonyl (C=O) groups is 1. The highest BCUT2D eigenvalue weighted by molar-refractivity contribution is 6.03. The average Bonchev–Trinajstić information content (AvgIpc) is 2.92. The third kappa shape index (κ3) is 8.01. The van der Waals surface area contributed by atoms with Crippen molar-refractivity contribution in [2.45, 2.75) is 90.5 Å². The lowest BCUT2D eigenvalue weighted by Crippen LogP contribution is -2.47. The van der Waals surface area contributed by atoms with Gasteiger partial charge in [0.25, 0.3) is 5.79 Å². The van der Waals surface area contributed by atoms with Crippen LogP contribution in [-0.2, 0) is 9.53 Å². The number of Topliss-reactive ketones (excluding diaryl/α,β-unsaturated/α-hetero) is 1. The van der Waals surface area contributed by atoms with Crippen LogP contribution in [0.4, 0.5) is 0 Å². The summed E-state index contributed by atoms with van der Waals surface area (Å²) in [6.07, 6.45) is 7.75. The fourth-order valence-corrected chi connectivity index (χ4v) is 3.19. The first kappa shape index (κ1) is 27.3. The van der Waals surface area contributed by atoms with Crippen LogP contribution in [-0.4, -0.2) is 61.5 Å². The van der Waals surface area contributed by atoms with Gasteiger partial charge in [0.2, 0.25) is 5.78 Å². The van der Waals surface area contributed by atoms with Gasteiger partial charge in [0, 0.05) is 17.9 Å². The maximum absolute atomic E-state index is 12.1. The molecule has 1 aliphatic rings. The molecule has 7 heteroatoms. The monoisotopic (exact) mass is 438 g/mol. The Balaban J connectivity index is 2.45. The van der Waals surface area contributed by atoms with Crippen molar-refractivity contribution in [2.75, 3.05) is 0 Å². The Kier molecular flexibility index (Phi) is 10.8. The zero-order valence-electron chi connectivity index (χ0n) is 19.2. The summed E-state index contributed by atoms with van der Waals surface area (Å²) >= 11 is 0. The van der Waals surface area contributed by atoms with Gasteiger partial charge < -0.3 is 30.3 Å². The van der Waals surface area contributed by atoms with E-state index < -0.39 is 36.0 Å². The summed E-state index contributed by atoms with van der Waals surface area (Å²) in [7, 11) is 0. The molecule has 0 aliphatic carbocycles. The van der Waals surface area contributed by atoms with Crippen molar-refractivity contribution >= 4 is 5.78 Å². The van der Waals surface area contributed by atoms with Gasteiger partial charge in [0.05, 0.1) is 18.3 Å². The molecule has 7 nitrogen and oxygen atoms in total. The number of aliphatic hydroxyl groups is 5. The van der Waals surface area contributed by atoms with Crippen LogP contribution in [0.2, 0.25) is 0 Å². The maximum atomic E-state index is 12.1. The molecule has 0 aromatic rings. The van der Waals surface area contributed by atoms with Crippen molar-refractivity contribution in [3.63, 3.8) is 0 Å². The van der Waals surface area contributed by atoms with E-state index in [0.717, 1.165) is 5.57 Å². The first-order chi connectivity index (χ1) is 14.4. The minimum Gasteiger partial charge on any atom is -0.456 e. The Labute approximate surface area is 185 Å². The third-order valence-corrected chi connectivity index (χ3v) is 5.42. The van der Waals surface area contributed by atoms with Crippen molar-refractivity contribution in [3.05, 3.63) is 47.3 Å². The van der Waals surface area contributed by atoms with E-state index in [0.29, 0.717) is 19.3 Å². The van der Waals surface area contributed by atoms with Crippen LogP contribution in [0.3, 0.4) is 0 Å². The fourth-order valence-electron chi connectivity index (χ4n) is 3.19. The first-order valence-electron chi connectivity index (χ1n) is 10.8. The van der Waals surface area contributed by atoms with E-state index in [1.54, 1.807) is 6.92 Å². The number of ketones is 1. The Morgan fingerprint density at radius 1 is 1.13 bits per heavy atom. The summed E-state index contributed by atoms with van der Waals surface area (Å²) < 4.78 is 5.25. The molecule has 0 bridgehead atoms. The molecule has 0 saturated heterocycles. The normalized spacial score (nSPS) is 25.2. The smallest absolute Gasteiger partial charge is 0.298 e. The lowest BCUT2D eigenvalue weighted by molar-refractivity contribution is -0.213. The number of allylic oxidation sites excluding steroid dienone is 3. The molecular weight excluding hydrogens is 400 g/mol. The molecule has 0 amide bonds. The summed E-state index contributed by atoms with van der Waals surface area (Å²) in [6.45, 7) is 8.23. The fraction of sp³-hybridized carbons (Fsp3) is 0.625. The maximum Gasteiger partial charge on any atom is 0.298 e. The quantitative estimate of drug-likeness (QED) is 0.234. The van der Waals surface area contributed by atoms with E-state index in [9.17, 15) is 30.3 Å². The van der Waals surface area contributed by atoms with E-state index in [4.69, 9.17) is 4.74 Å². The SMILES string of the molecule is CC1=C(C[C@H](O)CC/C=C/C=C/[C@@H](C)[C@@H](O)/C(C)=C/C[C@@H](C)O)O[C@](O)([C@@H](C)O)C1=O. The molecule has 5 N–H and O–H groups in total. The number of ether oxygens (including phenoxy) is 1. The Bertz CT molecular complexity index is 717. The van der Waals surface area contributed by atoms with Gasteiger partial charge in [-0.15, -0.1) is 0 Å². The summed E-state index contributed by atoms with van der Waals surface area (Å²) in [6, 6.07) is 0. The minimum atomic E-state index is -2.27. The van der Waals surface area contributed by atoms with E-state index >= 15 is 0 Å². The zero-order valence-corrected chi connectivity index (χ0v) is 19.2. The molecule has 0 unspecified atom stereocenters. The Hall–Kier alpha value is -1.77. The van der Waals surface area contributed by atoms with Crippen molar-refractivity contribution in [1.82, 2.24) is 0 Å². The summed E-state index contributed by atoms with van der Waals surface area (Å²) in [5.74, 6) is -2.83. The predicted molar refractivity (Wildman–Crippen MR) is 119 cm³/mol. The second-order valence-electron chi connectivity index (χ2n) is 8.44. The van der Waals surface area contributed by atoms with Crippen molar-refractivity contribution < 1.29 is 35.1 Å². The molecule has 31 heavy (non-hydrogen) atoms. The first-order valence-corrected chi connectivity index (χ1v) is 10.8. The second kappa shape index (κ2) is 12.3. The molecule has 0 aromatic heterocycles. The predicted octanol–water partition coefficient (Wildman–Crippen LogP) is 2.29. The molecule has 0 spiro atoms. The number of hydrogen-bond donors (Lipinski definition) is 5. The molecule has 0 saturated carbocycles. The highest BCUT2D eigenvalue weighted by Gasteiger charge is 2.50. The number of hydrogen-bond acceptors (Lipinski definition) is 7. The highest BCUT2D eigenvalue weighted by atomic mass is 16.6. The topological polar surface area (TPSA) is 127 Å². The van der Waals surface area contributed by atoms with Gasteiger partial charge in [0.15, 0.2) is 0 Å². The Morgan fingerprint density at radius 2 is 1.77 bits per heavy atom. The molecule has 1 aliphatic heterocycles. The average molecular weight is 439 g/mol. The molecular formula is C24H38O7. The van der Waals surface area contributed by atoms with Crippen LogP contribution >= 0.6 is 0 Å². The van der Waals surface area contributed by atoms with Crippen molar-refractivity contribution in [3.8, 4) is 0 Å². The molecule has 0 fully saturated rings. The van der Waals surface area contributed by atoms with Crippen LogP contribution in [0, 0.1) is 5.92 Å². The summed E-state index contributed by atoms with van der Waals surface area (Å²) in [5, 5.41) is 49.6. The lowest BCUT2D eigenvalue weighted by Gasteiger charge is -2.25. The van der Waals surface area contributed by atoms with E-state index in [1.165, 1.54) is 13.8 Å². The lowest BCUT2D eigenvalue weighted by atomic mass is 9.96. The molecule has 6 atom stereocenters. The highest BCUT2D eigenvalue weighted by Crippen LogP contribution is 2.34. The molecule has 1 heterocycles. The van der Waals surface area contributed by atoms with Crippen LogP contribution in [0.1, 0.15) is 60.3 Å².